The largest absolute Gasteiger partial charge is 0.496 e. The number of benzene rings is 2. The molecule has 4 heteroatoms. The molecule has 1 atom stereocenters. The van der Waals surface area contributed by atoms with Crippen LogP contribution in [0.3, 0.4) is 0 Å². The molecular weight excluding hydrogens is 268 g/mol. The van der Waals surface area contributed by atoms with E-state index in [0.29, 0.717) is 11.5 Å². The fourth-order valence-corrected chi connectivity index (χ4v) is 2.73. The van der Waals surface area contributed by atoms with Crippen molar-refractivity contribution >= 4 is 5.97 Å². The van der Waals surface area contributed by atoms with Gasteiger partial charge in [-0.15, -0.1) is 0 Å². The van der Waals surface area contributed by atoms with E-state index in [-0.39, 0.29) is 11.7 Å². The summed E-state index contributed by atoms with van der Waals surface area (Å²) in [6.07, 6.45) is 1.95. The van der Waals surface area contributed by atoms with Crippen LogP contribution in [0.1, 0.15) is 34.0 Å². The fourth-order valence-electron chi connectivity index (χ4n) is 2.73. The number of fused-ring (bicyclic) bond motifs is 1. The van der Waals surface area contributed by atoms with E-state index in [1.807, 2.05) is 12.1 Å². The van der Waals surface area contributed by atoms with Gasteiger partial charge in [0.1, 0.15) is 23.2 Å². The van der Waals surface area contributed by atoms with Crippen LogP contribution in [0.2, 0.25) is 0 Å². The molecule has 108 valence electrons. The maximum atomic E-state index is 11.1. The summed E-state index contributed by atoms with van der Waals surface area (Å²) >= 11 is 0. The van der Waals surface area contributed by atoms with Crippen LogP contribution in [0.15, 0.2) is 42.5 Å². The summed E-state index contributed by atoms with van der Waals surface area (Å²) in [7, 11) is 1.45. The van der Waals surface area contributed by atoms with E-state index in [1.54, 1.807) is 12.1 Å². The fraction of sp³-hybridized carbons (Fsp3) is 0.235. The lowest BCUT2D eigenvalue weighted by atomic mass is 10.1. The van der Waals surface area contributed by atoms with Gasteiger partial charge < -0.3 is 14.6 Å². The first kappa shape index (κ1) is 13.5. The van der Waals surface area contributed by atoms with E-state index in [4.69, 9.17) is 14.6 Å². The second-order valence-corrected chi connectivity index (χ2v) is 5.01. The van der Waals surface area contributed by atoms with Gasteiger partial charge in [-0.3, -0.25) is 0 Å². The van der Waals surface area contributed by atoms with E-state index < -0.39 is 5.97 Å². The van der Waals surface area contributed by atoms with Gasteiger partial charge in [0.25, 0.3) is 0 Å². The summed E-state index contributed by atoms with van der Waals surface area (Å²) in [5.74, 6) is -0.0746. The highest BCUT2D eigenvalue weighted by molar-refractivity contribution is 5.91. The van der Waals surface area contributed by atoms with Gasteiger partial charge in [0, 0.05) is 6.07 Å². The molecule has 0 heterocycles. The van der Waals surface area contributed by atoms with Crippen LogP contribution in [-0.4, -0.2) is 18.2 Å². The molecule has 4 nitrogen and oxygen atoms in total. The van der Waals surface area contributed by atoms with Gasteiger partial charge in [-0.25, -0.2) is 4.79 Å². The summed E-state index contributed by atoms with van der Waals surface area (Å²) < 4.78 is 11.1. The summed E-state index contributed by atoms with van der Waals surface area (Å²) in [5, 5.41) is 9.08. The SMILES string of the molecule is COc1cc(OC2CCc3ccccc32)ccc1C(=O)O. The maximum Gasteiger partial charge on any atom is 0.339 e. The molecular formula is C17H16O4. The molecule has 2 aromatic rings. The average Bonchev–Trinajstić information content (AvgIpc) is 2.90. The lowest BCUT2D eigenvalue weighted by Gasteiger charge is -2.16. The minimum atomic E-state index is -1.01. The van der Waals surface area contributed by atoms with Crippen molar-refractivity contribution in [3.63, 3.8) is 0 Å². The molecule has 1 aliphatic rings. The molecule has 1 unspecified atom stereocenters. The van der Waals surface area contributed by atoms with Crippen LogP contribution in [0.5, 0.6) is 11.5 Å². The van der Waals surface area contributed by atoms with Crippen LogP contribution in [0, 0.1) is 0 Å². The van der Waals surface area contributed by atoms with Gasteiger partial charge in [0.2, 0.25) is 0 Å². The Hall–Kier alpha value is -2.49. The van der Waals surface area contributed by atoms with Crippen LogP contribution < -0.4 is 9.47 Å². The zero-order chi connectivity index (χ0) is 14.8. The Kier molecular flexibility index (Phi) is 3.52. The first-order chi connectivity index (χ1) is 10.2. The molecule has 0 radical (unpaired) electrons. The van der Waals surface area contributed by atoms with Crippen molar-refractivity contribution in [3.8, 4) is 11.5 Å². The van der Waals surface area contributed by atoms with Crippen molar-refractivity contribution in [2.75, 3.05) is 7.11 Å². The highest BCUT2D eigenvalue weighted by Crippen LogP contribution is 2.36. The van der Waals surface area contributed by atoms with Crippen molar-refractivity contribution in [2.45, 2.75) is 18.9 Å². The Morgan fingerprint density at radius 3 is 2.81 bits per heavy atom. The predicted octanol–water partition coefficient (Wildman–Crippen LogP) is 3.46. The highest BCUT2D eigenvalue weighted by Gasteiger charge is 2.24. The van der Waals surface area contributed by atoms with Crippen molar-refractivity contribution < 1.29 is 19.4 Å². The third-order valence-electron chi connectivity index (χ3n) is 3.76. The quantitative estimate of drug-likeness (QED) is 0.934. The molecule has 21 heavy (non-hydrogen) atoms. The van der Waals surface area contributed by atoms with Gasteiger partial charge in [-0.05, 0) is 36.1 Å². The molecule has 0 fully saturated rings. The van der Waals surface area contributed by atoms with Gasteiger partial charge in [0.15, 0.2) is 0 Å². The second-order valence-electron chi connectivity index (χ2n) is 5.01. The number of hydrogen-bond donors (Lipinski definition) is 1. The van der Waals surface area contributed by atoms with E-state index in [9.17, 15) is 4.79 Å². The van der Waals surface area contributed by atoms with E-state index in [0.717, 1.165) is 12.8 Å². The number of carboxylic acids is 1. The monoisotopic (exact) mass is 284 g/mol. The lowest BCUT2D eigenvalue weighted by molar-refractivity contribution is 0.0693. The van der Waals surface area contributed by atoms with Crippen LogP contribution in [-0.2, 0) is 6.42 Å². The highest BCUT2D eigenvalue weighted by atomic mass is 16.5. The molecule has 3 rings (SSSR count). The number of aryl methyl sites for hydroxylation is 1. The van der Waals surface area contributed by atoms with Gasteiger partial charge in [-0.1, -0.05) is 24.3 Å². The van der Waals surface area contributed by atoms with E-state index in [1.165, 1.54) is 24.3 Å². The minimum Gasteiger partial charge on any atom is -0.496 e. The first-order valence-electron chi connectivity index (χ1n) is 6.85. The Labute approximate surface area is 122 Å². The number of methoxy groups -OCH3 is 1. The topological polar surface area (TPSA) is 55.8 Å². The molecule has 2 aromatic carbocycles. The number of ether oxygens (including phenoxy) is 2. The van der Waals surface area contributed by atoms with Gasteiger partial charge >= 0.3 is 5.97 Å². The zero-order valence-electron chi connectivity index (χ0n) is 11.7. The minimum absolute atomic E-state index is 0.0154. The van der Waals surface area contributed by atoms with Crippen molar-refractivity contribution in [1.82, 2.24) is 0 Å². The van der Waals surface area contributed by atoms with Gasteiger partial charge in [0.05, 0.1) is 7.11 Å². The Bertz CT molecular complexity index is 678. The number of carbonyl (C=O) groups is 1. The third kappa shape index (κ3) is 2.57. The molecule has 0 spiro atoms. The van der Waals surface area contributed by atoms with Crippen molar-refractivity contribution in [2.24, 2.45) is 0 Å². The van der Waals surface area contributed by atoms with Crippen LogP contribution in [0.4, 0.5) is 0 Å². The molecule has 0 bridgehead atoms. The summed E-state index contributed by atoms with van der Waals surface area (Å²) in [6, 6.07) is 13.1. The normalized spacial score (nSPS) is 16.3. The molecule has 1 N–H and O–H groups in total. The summed E-state index contributed by atoms with van der Waals surface area (Å²) in [6.45, 7) is 0. The number of hydrogen-bond acceptors (Lipinski definition) is 3. The summed E-state index contributed by atoms with van der Waals surface area (Å²) in [4.78, 5) is 11.1. The molecule has 0 aromatic heterocycles. The Morgan fingerprint density at radius 1 is 1.24 bits per heavy atom. The zero-order valence-corrected chi connectivity index (χ0v) is 11.7. The third-order valence-corrected chi connectivity index (χ3v) is 3.76. The van der Waals surface area contributed by atoms with Crippen molar-refractivity contribution in [1.29, 1.82) is 0 Å². The predicted molar refractivity (Wildman–Crippen MR) is 78.1 cm³/mol. The maximum absolute atomic E-state index is 11.1. The van der Waals surface area contributed by atoms with Crippen LogP contribution >= 0.6 is 0 Å². The van der Waals surface area contributed by atoms with E-state index >= 15 is 0 Å². The average molecular weight is 284 g/mol. The van der Waals surface area contributed by atoms with Gasteiger partial charge in [-0.2, -0.15) is 0 Å². The van der Waals surface area contributed by atoms with Crippen molar-refractivity contribution in [3.05, 3.63) is 59.2 Å². The number of aromatic carboxylic acids is 1. The number of rotatable bonds is 4. The van der Waals surface area contributed by atoms with E-state index in [2.05, 4.69) is 12.1 Å². The smallest absolute Gasteiger partial charge is 0.339 e. The first-order valence-corrected chi connectivity index (χ1v) is 6.85. The molecule has 1 aliphatic carbocycles. The standard InChI is InChI=1S/C17H16O4/c1-20-16-10-12(7-8-14(16)17(18)19)21-15-9-6-11-4-2-3-5-13(11)15/h2-5,7-8,10,15H,6,9H2,1H3,(H,18,19). The molecule has 0 amide bonds. The summed E-state index contributed by atoms with van der Waals surface area (Å²) in [5.41, 5.74) is 2.66. The Morgan fingerprint density at radius 2 is 2.05 bits per heavy atom. The lowest BCUT2D eigenvalue weighted by Crippen LogP contribution is -2.05. The molecule has 0 aliphatic heterocycles. The molecule has 0 saturated heterocycles. The van der Waals surface area contributed by atoms with Crippen LogP contribution in [0.25, 0.3) is 0 Å². The molecule has 0 saturated carbocycles. The second kappa shape index (κ2) is 5.48. The number of carboxylic acid groups (broad SMARTS) is 1. The Balaban J connectivity index is 1.85.